The van der Waals surface area contributed by atoms with E-state index in [0.717, 1.165) is 19.3 Å². The second kappa shape index (κ2) is 7.03. The van der Waals surface area contributed by atoms with Crippen LogP contribution in [0, 0.1) is 5.92 Å². The molecule has 2 unspecified atom stereocenters. The first-order chi connectivity index (χ1) is 11.6. The van der Waals surface area contributed by atoms with Crippen molar-refractivity contribution in [3.8, 4) is 0 Å². The third-order valence-electron chi connectivity index (χ3n) is 4.90. The lowest BCUT2D eigenvalue weighted by atomic mass is 9.86. The Morgan fingerprint density at radius 1 is 1.21 bits per heavy atom. The summed E-state index contributed by atoms with van der Waals surface area (Å²) in [5.41, 5.74) is -0.587. The lowest BCUT2D eigenvalue weighted by Crippen LogP contribution is -2.41. The Kier molecular flexibility index (Phi) is 4.83. The maximum absolute atomic E-state index is 12.4. The van der Waals surface area contributed by atoms with Gasteiger partial charge in [0.05, 0.1) is 17.3 Å². The molecule has 128 valence electrons. The van der Waals surface area contributed by atoms with Gasteiger partial charge in [-0.3, -0.25) is 19.5 Å². The number of hydrogen-bond acceptors (Lipinski definition) is 3. The summed E-state index contributed by atoms with van der Waals surface area (Å²) < 4.78 is 1.23. The molecular formula is C18H23N3O3. The molecule has 1 aliphatic rings. The smallest absolute Gasteiger partial charge is 0.273 e. The molecule has 0 spiro atoms. The monoisotopic (exact) mass is 329 g/mol. The van der Waals surface area contributed by atoms with E-state index in [1.165, 1.54) is 11.1 Å². The normalized spacial score (nSPS) is 20.9. The van der Waals surface area contributed by atoms with E-state index in [2.05, 4.69) is 17.3 Å². The highest BCUT2D eigenvalue weighted by Gasteiger charge is 2.22. The fourth-order valence-corrected chi connectivity index (χ4v) is 3.43. The number of nitrogens with zero attached hydrogens (tertiary/aromatic N) is 1. The van der Waals surface area contributed by atoms with Gasteiger partial charge in [-0.2, -0.15) is 0 Å². The highest BCUT2D eigenvalue weighted by Crippen LogP contribution is 2.23. The van der Waals surface area contributed by atoms with E-state index >= 15 is 0 Å². The molecule has 2 N–H and O–H groups in total. The van der Waals surface area contributed by atoms with E-state index in [9.17, 15) is 14.4 Å². The first-order valence-corrected chi connectivity index (χ1v) is 8.57. The van der Waals surface area contributed by atoms with Gasteiger partial charge in [-0.25, -0.2) is 4.68 Å². The fraction of sp³-hybridized carbons (Fsp3) is 0.500. The number of aryl methyl sites for hydroxylation is 1. The maximum Gasteiger partial charge on any atom is 0.273 e. The fourth-order valence-electron chi connectivity index (χ4n) is 3.43. The van der Waals surface area contributed by atoms with Gasteiger partial charge in [0.2, 0.25) is 5.91 Å². The molecule has 1 heterocycles. The van der Waals surface area contributed by atoms with E-state index in [1.807, 2.05) is 0 Å². The van der Waals surface area contributed by atoms with Crippen LogP contribution in [0.25, 0.3) is 10.8 Å². The van der Waals surface area contributed by atoms with E-state index in [4.69, 9.17) is 0 Å². The third-order valence-corrected chi connectivity index (χ3v) is 4.90. The minimum Gasteiger partial charge on any atom is -0.353 e. The Morgan fingerprint density at radius 2 is 1.92 bits per heavy atom. The molecule has 0 aliphatic heterocycles. The number of carbonyl (C=O) groups is 1. The van der Waals surface area contributed by atoms with Gasteiger partial charge < -0.3 is 5.32 Å². The summed E-state index contributed by atoms with van der Waals surface area (Å²) in [6.45, 7) is 2.33. The van der Waals surface area contributed by atoms with Crippen LogP contribution in [0.5, 0.6) is 0 Å². The predicted octanol–water partition coefficient (Wildman–Crippen LogP) is 1.77. The third kappa shape index (κ3) is 3.42. The Hall–Kier alpha value is -2.37. The van der Waals surface area contributed by atoms with Crippen molar-refractivity contribution in [3.05, 3.63) is 45.0 Å². The van der Waals surface area contributed by atoms with E-state index in [-0.39, 0.29) is 36.0 Å². The van der Waals surface area contributed by atoms with Crippen molar-refractivity contribution in [2.75, 3.05) is 0 Å². The molecule has 2 atom stereocenters. The van der Waals surface area contributed by atoms with Crippen LogP contribution in [-0.4, -0.2) is 21.7 Å². The number of benzene rings is 1. The van der Waals surface area contributed by atoms with Crippen LogP contribution in [0.1, 0.15) is 39.0 Å². The summed E-state index contributed by atoms with van der Waals surface area (Å²) in [5, 5.41) is 6.37. The van der Waals surface area contributed by atoms with Crippen molar-refractivity contribution in [1.82, 2.24) is 15.1 Å². The SMILES string of the molecule is CC1CCCCC1NC(=O)CCn1[nH]c(=O)c2ccccc2c1=O. The zero-order chi connectivity index (χ0) is 17.1. The number of hydrogen-bond donors (Lipinski definition) is 2. The first kappa shape index (κ1) is 16.5. The van der Waals surface area contributed by atoms with E-state index in [1.54, 1.807) is 24.3 Å². The van der Waals surface area contributed by atoms with Gasteiger partial charge in [0.25, 0.3) is 11.1 Å². The Labute approximate surface area is 139 Å². The number of rotatable bonds is 4. The largest absolute Gasteiger partial charge is 0.353 e. The second-order valence-electron chi connectivity index (χ2n) is 6.63. The number of aromatic nitrogens is 2. The number of nitrogens with one attached hydrogen (secondary N) is 2. The maximum atomic E-state index is 12.4. The van der Waals surface area contributed by atoms with Gasteiger partial charge >= 0.3 is 0 Å². The van der Waals surface area contributed by atoms with Crippen LogP contribution in [0.2, 0.25) is 0 Å². The molecule has 0 bridgehead atoms. The van der Waals surface area contributed by atoms with Crippen LogP contribution < -0.4 is 16.4 Å². The molecule has 3 rings (SSSR count). The number of amides is 1. The van der Waals surface area contributed by atoms with Crippen molar-refractivity contribution >= 4 is 16.7 Å². The van der Waals surface area contributed by atoms with Gasteiger partial charge in [-0.15, -0.1) is 0 Å². The van der Waals surface area contributed by atoms with Gasteiger partial charge in [0, 0.05) is 12.5 Å². The Morgan fingerprint density at radius 3 is 2.67 bits per heavy atom. The number of carbonyl (C=O) groups excluding carboxylic acids is 1. The topological polar surface area (TPSA) is 84.0 Å². The molecular weight excluding hydrogens is 306 g/mol. The van der Waals surface area contributed by atoms with Crippen molar-refractivity contribution in [2.45, 2.75) is 51.6 Å². The summed E-state index contributed by atoms with van der Waals surface area (Å²) >= 11 is 0. The van der Waals surface area contributed by atoms with Gasteiger partial charge in [0.1, 0.15) is 0 Å². The zero-order valence-electron chi connectivity index (χ0n) is 13.9. The molecule has 1 aromatic heterocycles. The van der Waals surface area contributed by atoms with Crippen LogP contribution in [0.15, 0.2) is 33.9 Å². The molecule has 0 radical (unpaired) electrons. The lowest BCUT2D eigenvalue weighted by molar-refractivity contribution is -0.122. The quantitative estimate of drug-likeness (QED) is 0.897. The number of aromatic amines is 1. The Balaban J connectivity index is 1.69. The van der Waals surface area contributed by atoms with Crippen LogP contribution in [-0.2, 0) is 11.3 Å². The average molecular weight is 329 g/mol. The summed E-state index contributed by atoms with van der Waals surface area (Å²) in [5.74, 6) is 0.417. The minimum atomic E-state index is -0.313. The standard InChI is InChI=1S/C18H23N3O3/c1-12-6-2-5-9-15(12)19-16(22)10-11-21-18(24)14-8-4-3-7-13(14)17(23)20-21/h3-4,7-8,12,15H,2,5-6,9-11H2,1H3,(H,19,22)(H,20,23). The molecule has 2 aromatic rings. The summed E-state index contributed by atoms with van der Waals surface area (Å²) in [4.78, 5) is 36.6. The average Bonchev–Trinajstić information content (AvgIpc) is 2.59. The second-order valence-corrected chi connectivity index (χ2v) is 6.63. The minimum absolute atomic E-state index is 0.0744. The van der Waals surface area contributed by atoms with Crippen LogP contribution in [0.4, 0.5) is 0 Å². The van der Waals surface area contributed by atoms with Gasteiger partial charge in [-0.1, -0.05) is 31.9 Å². The Bertz CT molecular complexity index is 852. The van der Waals surface area contributed by atoms with Crippen molar-refractivity contribution in [1.29, 1.82) is 0 Å². The molecule has 6 nitrogen and oxygen atoms in total. The van der Waals surface area contributed by atoms with Gasteiger partial charge in [-0.05, 0) is 30.9 Å². The van der Waals surface area contributed by atoms with E-state index in [0.29, 0.717) is 16.7 Å². The van der Waals surface area contributed by atoms with E-state index < -0.39 is 0 Å². The van der Waals surface area contributed by atoms with Crippen LogP contribution >= 0.6 is 0 Å². The molecule has 1 aliphatic carbocycles. The van der Waals surface area contributed by atoms with Crippen molar-refractivity contribution in [3.63, 3.8) is 0 Å². The molecule has 1 aromatic carbocycles. The number of H-pyrrole nitrogens is 1. The molecule has 24 heavy (non-hydrogen) atoms. The highest BCUT2D eigenvalue weighted by atomic mass is 16.2. The number of fused-ring (bicyclic) bond motifs is 1. The summed E-state index contributed by atoms with van der Waals surface area (Å²) in [6.07, 6.45) is 4.70. The van der Waals surface area contributed by atoms with Gasteiger partial charge in [0.15, 0.2) is 0 Å². The molecule has 1 fully saturated rings. The van der Waals surface area contributed by atoms with Crippen LogP contribution in [0.3, 0.4) is 0 Å². The predicted molar refractivity (Wildman–Crippen MR) is 93.0 cm³/mol. The summed E-state index contributed by atoms with van der Waals surface area (Å²) in [7, 11) is 0. The first-order valence-electron chi connectivity index (χ1n) is 8.57. The van der Waals surface area contributed by atoms with Crippen molar-refractivity contribution < 1.29 is 4.79 Å². The summed E-state index contributed by atoms with van der Waals surface area (Å²) in [6, 6.07) is 6.92. The molecule has 6 heteroatoms. The molecule has 1 amide bonds. The molecule has 1 saturated carbocycles. The van der Waals surface area contributed by atoms with Crippen molar-refractivity contribution in [2.24, 2.45) is 5.92 Å². The highest BCUT2D eigenvalue weighted by molar-refractivity contribution is 5.80. The lowest BCUT2D eigenvalue weighted by Gasteiger charge is -2.29. The zero-order valence-corrected chi connectivity index (χ0v) is 13.9. The molecule has 0 saturated heterocycles.